The van der Waals surface area contributed by atoms with Gasteiger partial charge in [0.2, 0.25) is 10.0 Å². The number of rotatable bonds is 4. The summed E-state index contributed by atoms with van der Waals surface area (Å²) in [6, 6.07) is 12.3. The van der Waals surface area contributed by atoms with E-state index in [-0.39, 0.29) is 52.7 Å². The Kier molecular flexibility index (Phi) is 6.65. The molecule has 0 spiro atoms. The molecule has 31 heavy (non-hydrogen) atoms. The smallest absolute Gasteiger partial charge is 0.251 e. The van der Waals surface area contributed by atoms with Gasteiger partial charge in [-0.3, -0.25) is 4.79 Å². The van der Waals surface area contributed by atoms with E-state index in [0.717, 1.165) is 22.6 Å². The van der Waals surface area contributed by atoms with Gasteiger partial charge in [0.1, 0.15) is 4.90 Å². The SMILES string of the molecule is C[C@@H]1CN(S(=O)(=O)c2cc(C(=O)N[C@H]3CCSc4ccccc43)ccc2Cl)C[C@H](C)O1. The van der Waals surface area contributed by atoms with Gasteiger partial charge in [-0.15, -0.1) is 11.8 Å². The Hall–Kier alpha value is -1.58. The van der Waals surface area contributed by atoms with Crippen LogP contribution in [-0.2, 0) is 14.8 Å². The third-order valence-corrected chi connectivity index (χ3v) is 8.90. The van der Waals surface area contributed by atoms with Crippen molar-refractivity contribution in [1.29, 1.82) is 0 Å². The Bertz CT molecular complexity index is 1080. The van der Waals surface area contributed by atoms with Gasteiger partial charge in [-0.05, 0) is 50.1 Å². The maximum Gasteiger partial charge on any atom is 0.251 e. The number of thioether (sulfide) groups is 1. The summed E-state index contributed by atoms with van der Waals surface area (Å²) < 4.78 is 33.6. The van der Waals surface area contributed by atoms with Crippen LogP contribution >= 0.6 is 23.4 Å². The van der Waals surface area contributed by atoms with E-state index < -0.39 is 10.0 Å². The molecule has 2 aliphatic heterocycles. The third-order valence-electron chi connectivity index (χ3n) is 5.46. The number of nitrogens with zero attached hydrogens (tertiary/aromatic N) is 1. The van der Waals surface area contributed by atoms with Crippen LogP contribution < -0.4 is 5.32 Å². The van der Waals surface area contributed by atoms with E-state index in [9.17, 15) is 13.2 Å². The first-order chi connectivity index (χ1) is 14.8. The van der Waals surface area contributed by atoms with Crippen molar-refractivity contribution in [2.45, 2.75) is 48.3 Å². The van der Waals surface area contributed by atoms with Crippen molar-refractivity contribution in [3.63, 3.8) is 0 Å². The fourth-order valence-corrected chi connectivity index (χ4v) is 7.26. The Morgan fingerprint density at radius 2 is 1.87 bits per heavy atom. The van der Waals surface area contributed by atoms with Crippen molar-refractivity contribution < 1.29 is 17.9 Å². The van der Waals surface area contributed by atoms with E-state index >= 15 is 0 Å². The first kappa shape index (κ1) is 22.6. The van der Waals surface area contributed by atoms with Crippen molar-refractivity contribution in [1.82, 2.24) is 9.62 Å². The molecule has 0 radical (unpaired) electrons. The molecule has 166 valence electrons. The Morgan fingerprint density at radius 3 is 2.61 bits per heavy atom. The summed E-state index contributed by atoms with van der Waals surface area (Å²) in [5, 5.41) is 3.16. The molecule has 6 nitrogen and oxygen atoms in total. The quantitative estimate of drug-likeness (QED) is 0.712. The minimum atomic E-state index is -3.86. The maximum absolute atomic E-state index is 13.3. The topological polar surface area (TPSA) is 75.7 Å². The molecule has 4 rings (SSSR count). The molecule has 1 fully saturated rings. The van der Waals surface area contributed by atoms with Gasteiger partial charge < -0.3 is 10.1 Å². The van der Waals surface area contributed by atoms with Gasteiger partial charge in [-0.25, -0.2) is 8.42 Å². The van der Waals surface area contributed by atoms with Crippen LogP contribution in [0.25, 0.3) is 0 Å². The predicted octanol–water partition coefficient (Wildman–Crippen LogP) is 4.10. The van der Waals surface area contributed by atoms with Crippen LogP contribution in [0.15, 0.2) is 52.3 Å². The second-order valence-corrected chi connectivity index (χ2v) is 11.4. The molecule has 2 aromatic rings. The molecule has 0 aromatic heterocycles. The van der Waals surface area contributed by atoms with Crippen LogP contribution in [0.2, 0.25) is 5.02 Å². The lowest BCUT2D eigenvalue weighted by atomic mass is 10.0. The second kappa shape index (κ2) is 9.11. The number of carbonyl (C=O) groups excluding carboxylic acids is 1. The number of morpholine rings is 1. The lowest BCUT2D eigenvalue weighted by molar-refractivity contribution is -0.0440. The van der Waals surface area contributed by atoms with E-state index in [1.807, 2.05) is 32.0 Å². The molecule has 9 heteroatoms. The minimum absolute atomic E-state index is 0.0530. The zero-order valence-corrected chi connectivity index (χ0v) is 19.8. The number of amides is 1. The normalized spacial score (nSPS) is 24.4. The number of nitrogens with one attached hydrogen (secondary N) is 1. The number of carbonyl (C=O) groups is 1. The third kappa shape index (κ3) is 4.78. The second-order valence-electron chi connectivity index (χ2n) is 7.93. The largest absolute Gasteiger partial charge is 0.373 e. The van der Waals surface area contributed by atoms with E-state index in [0.29, 0.717) is 0 Å². The molecule has 2 heterocycles. The predicted molar refractivity (Wildman–Crippen MR) is 122 cm³/mol. The lowest BCUT2D eigenvalue weighted by Gasteiger charge is -2.34. The van der Waals surface area contributed by atoms with Crippen molar-refractivity contribution in [2.24, 2.45) is 0 Å². The van der Waals surface area contributed by atoms with Crippen molar-refractivity contribution in [2.75, 3.05) is 18.8 Å². The summed E-state index contributed by atoms with van der Waals surface area (Å²) in [4.78, 5) is 14.1. The van der Waals surface area contributed by atoms with Crippen molar-refractivity contribution >= 4 is 39.3 Å². The zero-order chi connectivity index (χ0) is 22.2. The number of fused-ring (bicyclic) bond motifs is 1. The Labute approximate surface area is 192 Å². The summed E-state index contributed by atoms with van der Waals surface area (Å²) >= 11 is 8.04. The van der Waals surface area contributed by atoms with Gasteiger partial charge in [0.15, 0.2) is 0 Å². The summed E-state index contributed by atoms with van der Waals surface area (Å²) in [5.41, 5.74) is 1.36. The highest BCUT2D eigenvalue weighted by molar-refractivity contribution is 7.99. The van der Waals surface area contributed by atoms with E-state index in [1.54, 1.807) is 17.8 Å². The number of sulfonamides is 1. The maximum atomic E-state index is 13.3. The van der Waals surface area contributed by atoms with Crippen molar-refractivity contribution in [3.8, 4) is 0 Å². The molecule has 3 atom stereocenters. The van der Waals surface area contributed by atoms with Gasteiger partial charge in [0, 0.05) is 29.3 Å². The molecular weight excluding hydrogens is 456 g/mol. The van der Waals surface area contributed by atoms with Crippen LogP contribution in [-0.4, -0.2) is 49.7 Å². The molecule has 0 saturated carbocycles. The molecule has 0 aliphatic carbocycles. The Morgan fingerprint density at radius 1 is 1.16 bits per heavy atom. The zero-order valence-electron chi connectivity index (χ0n) is 17.4. The van der Waals surface area contributed by atoms with E-state index in [2.05, 4.69) is 11.4 Å². The number of benzene rings is 2. The fraction of sp³-hybridized carbons (Fsp3) is 0.409. The van der Waals surface area contributed by atoms with Crippen LogP contribution in [0.4, 0.5) is 0 Å². The summed E-state index contributed by atoms with van der Waals surface area (Å²) in [6.07, 6.45) is 0.386. The molecule has 2 aliphatic rings. The highest BCUT2D eigenvalue weighted by atomic mass is 35.5. The average Bonchev–Trinajstić information content (AvgIpc) is 2.73. The number of hydrogen-bond acceptors (Lipinski definition) is 5. The standard InChI is InChI=1S/C22H25ClN2O4S2/c1-14-12-25(13-15(2)29-14)31(27,28)21-11-16(7-8-18(21)23)22(26)24-19-9-10-30-20-6-4-3-5-17(19)20/h3-8,11,14-15,19H,9-10,12-13H2,1-2H3,(H,24,26)/t14-,15+,19-/m0/s1. The van der Waals surface area contributed by atoms with Crippen LogP contribution in [0.3, 0.4) is 0 Å². The first-order valence-electron chi connectivity index (χ1n) is 10.2. The highest BCUT2D eigenvalue weighted by Crippen LogP contribution is 2.36. The average molecular weight is 481 g/mol. The molecular formula is C22H25ClN2O4S2. The van der Waals surface area contributed by atoms with Gasteiger partial charge in [-0.1, -0.05) is 29.8 Å². The summed E-state index contributed by atoms with van der Waals surface area (Å²) in [7, 11) is -3.86. The first-order valence-corrected chi connectivity index (χ1v) is 13.0. The van der Waals surface area contributed by atoms with E-state index in [1.165, 1.54) is 16.4 Å². The molecule has 1 amide bonds. The minimum Gasteiger partial charge on any atom is -0.373 e. The van der Waals surface area contributed by atoms with Gasteiger partial charge in [0.05, 0.1) is 23.3 Å². The molecule has 2 aromatic carbocycles. The van der Waals surface area contributed by atoms with Gasteiger partial charge >= 0.3 is 0 Å². The lowest BCUT2D eigenvalue weighted by Crippen LogP contribution is -2.48. The van der Waals surface area contributed by atoms with E-state index in [4.69, 9.17) is 16.3 Å². The molecule has 1 N–H and O–H groups in total. The molecule has 0 unspecified atom stereocenters. The number of halogens is 1. The van der Waals surface area contributed by atoms with Crippen LogP contribution in [0.5, 0.6) is 0 Å². The molecule has 0 bridgehead atoms. The van der Waals surface area contributed by atoms with Gasteiger partial charge in [0.25, 0.3) is 5.91 Å². The van der Waals surface area contributed by atoms with Crippen LogP contribution in [0.1, 0.15) is 42.2 Å². The van der Waals surface area contributed by atoms with Crippen molar-refractivity contribution in [3.05, 3.63) is 58.6 Å². The highest BCUT2D eigenvalue weighted by Gasteiger charge is 2.34. The summed E-state index contributed by atoms with van der Waals surface area (Å²) in [5.74, 6) is 0.596. The number of hydrogen-bond donors (Lipinski definition) is 1. The number of ether oxygens (including phenoxy) is 1. The summed E-state index contributed by atoms with van der Waals surface area (Å²) in [6.45, 7) is 4.17. The monoisotopic (exact) mass is 480 g/mol. The fourth-order valence-electron chi connectivity index (χ4n) is 4.04. The Balaban J connectivity index is 1.59. The molecule has 1 saturated heterocycles. The van der Waals surface area contributed by atoms with Crippen LogP contribution in [0, 0.1) is 0 Å². The van der Waals surface area contributed by atoms with Gasteiger partial charge in [-0.2, -0.15) is 4.31 Å².